The summed E-state index contributed by atoms with van der Waals surface area (Å²) >= 11 is 0. The predicted molar refractivity (Wildman–Crippen MR) is 141 cm³/mol. The molecule has 0 aromatic heterocycles. The highest BCUT2D eigenvalue weighted by Gasteiger charge is 2.69. The van der Waals surface area contributed by atoms with Crippen molar-refractivity contribution in [1.29, 1.82) is 0 Å². The second-order valence-electron chi connectivity index (χ2n) is 8.07. The van der Waals surface area contributed by atoms with Crippen LogP contribution in [0.15, 0.2) is 0 Å². The first kappa shape index (κ1) is 29.9. The Bertz CT molecular complexity index is 571. The lowest BCUT2D eigenvalue weighted by Gasteiger charge is -2.53. The molecule has 0 aromatic rings. The second-order valence-corrected chi connectivity index (χ2v) is 30.3. The molecule has 3 aliphatic heterocycles. The van der Waals surface area contributed by atoms with Gasteiger partial charge in [-0.1, -0.05) is 55.4 Å². The van der Waals surface area contributed by atoms with Crippen molar-refractivity contribution in [3.8, 4) is 0 Å². The van der Waals surface area contributed by atoms with Gasteiger partial charge in [0.25, 0.3) is 0 Å². The molecular formula is C16H40O10Si8. The van der Waals surface area contributed by atoms with Gasteiger partial charge in [-0.2, -0.15) is 0 Å². The van der Waals surface area contributed by atoms with Crippen LogP contribution in [0.5, 0.6) is 0 Å². The van der Waals surface area contributed by atoms with Crippen molar-refractivity contribution in [2.75, 3.05) is 0 Å². The van der Waals surface area contributed by atoms with Crippen molar-refractivity contribution in [3.05, 3.63) is 0 Å². The summed E-state index contributed by atoms with van der Waals surface area (Å²) in [7, 11) is -19.9. The standard InChI is InChI=1S/C16H40O10Si8/c1-9-27-17-28(10-2)20-32(14-6)23-31(13-5,19-27)25-33(15-7)21-29(11-3)18-30(12-4)22-34(16-8,24-33)26-32/h9-16H2,1-8H3. The summed E-state index contributed by atoms with van der Waals surface area (Å²) in [5, 5.41) is 0. The zero-order valence-corrected chi connectivity index (χ0v) is 29.7. The maximum Gasteiger partial charge on any atom is 0.476 e. The molecule has 0 amide bonds. The van der Waals surface area contributed by atoms with Gasteiger partial charge < -0.3 is 41.2 Å². The van der Waals surface area contributed by atoms with Gasteiger partial charge in [0.2, 0.25) is 0 Å². The molecule has 3 saturated heterocycles. The zero-order chi connectivity index (χ0) is 25.0. The number of fused-ring (bicyclic) bond motifs is 4. The van der Waals surface area contributed by atoms with Crippen LogP contribution in [0.25, 0.3) is 0 Å². The molecule has 0 unspecified atom stereocenters. The molecule has 18 heteroatoms. The van der Waals surface area contributed by atoms with Crippen LogP contribution in [-0.2, 0) is 41.2 Å². The van der Waals surface area contributed by atoms with Gasteiger partial charge >= 0.3 is 72.4 Å². The van der Waals surface area contributed by atoms with Crippen molar-refractivity contribution >= 4 is 72.4 Å². The van der Waals surface area contributed by atoms with E-state index in [1.54, 1.807) is 0 Å². The average molecular weight is 617 g/mol. The van der Waals surface area contributed by atoms with Gasteiger partial charge in [0, 0.05) is 24.2 Å². The fraction of sp³-hybridized carbons (Fsp3) is 1.00. The maximum atomic E-state index is 6.97. The number of rotatable bonds is 8. The van der Waals surface area contributed by atoms with E-state index in [-0.39, 0.29) is 0 Å². The Kier molecular flexibility index (Phi) is 11.0. The molecule has 0 N–H and O–H groups in total. The Morgan fingerprint density at radius 3 is 0.735 bits per heavy atom. The Labute approximate surface area is 216 Å². The molecule has 0 saturated carbocycles. The summed E-state index contributed by atoms with van der Waals surface area (Å²) in [4.78, 5) is 0. The van der Waals surface area contributed by atoms with Crippen molar-refractivity contribution < 1.29 is 41.2 Å². The molecule has 4 bridgehead atoms. The molecule has 0 atom stereocenters. The third kappa shape index (κ3) is 6.48. The lowest BCUT2D eigenvalue weighted by Crippen LogP contribution is -2.76. The van der Waals surface area contributed by atoms with Crippen molar-refractivity contribution in [2.24, 2.45) is 0 Å². The number of hydrogen-bond acceptors (Lipinski definition) is 10. The smallest absolute Gasteiger partial charge is 0.414 e. The Morgan fingerprint density at radius 1 is 0.382 bits per heavy atom. The monoisotopic (exact) mass is 616 g/mol. The van der Waals surface area contributed by atoms with Gasteiger partial charge in [0.1, 0.15) is 0 Å². The van der Waals surface area contributed by atoms with E-state index < -0.39 is 72.4 Å². The van der Waals surface area contributed by atoms with E-state index in [0.717, 1.165) is 24.2 Å². The molecule has 3 aliphatic rings. The Hall–Kier alpha value is 1.34. The summed E-state index contributed by atoms with van der Waals surface area (Å²) in [5.74, 6) is 0. The molecule has 3 fully saturated rings. The minimum absolute atomic E-state index is 0.558. The van der Waals surface area contributed by atoms with Gasteiger partial charge in [-0.25, -0.2) is 0 Å². The van der Waals surface area contributed by atoms with Crippen molar-refractivity contribution in [3.63, 3.8) is 0 Å². The minimum atomic E-state index is -3.32. The molecule has 0 spiro atoms. The third-order valence-electron chi connectivity index (χ3n) is 5.66. The largest absolute Gasteiger partial charge is 0.476 e. The fourth-order valence-corrected chi connectivity index (χ4v) is 39.0. The van der Waals surface area contributed by atoms with Crippen molar-refractivity contribution in [1.82, 2.24) is 0 Å². The molecule has 3 heterocycles. The van der Waals surface area contributed by atoms with E-state index in [0.29, 0.717) is 24.2 Å². The van der Waals surface area contributed by atoms with Gasteiger partial charge in [-0.05, 0) is 24.2 Å². The van der Waals surface area contributed by atoms with Crippen molar-refractivity contribution in [2.45, 2.75) is 104 Å². The van der Waals surface area contributed by atoms with Crippen LogP contribution in [0, 0.1) is 0 Å². The van der Waals surface area contributed by atoms with E-state index in [1.165, 1.54) is 0 Å². The van der Waals surface area contributed by atoms with E-state index >= 15 is 0 Å². The van der Waals surface area contributed by atoms with Crippen LogP contribution in [0.2, 0.25) is 48.4 Å². The van der Waals surface area contributed by atoms with Crippen LogP contribution in [0.3, 0.4) is 0 Å². The topological polar surface area (TPSA) is 92.3 Å². The van der Waals surface area contributed by atoms with Crippen LogP contribution in [0.1, 0.15) is 55.4 Å². The maximum absolute atomic E-state index is 6.97. The molecule has 10 nitrogen and oxygen atoms in total. The average Bonchev–Trinajstić information content (AvgIpc) is 2.82. The SMILES string of the molecule is CC[Si]1O[Si](CC)O[Si]2(CC)O[Si](CC)(O1)O[Si]1(CC)O[Si](CC)O[Si](CC)O[Si](CC)(O1)O2. The highest BCUT2D eigenvalue weighted by Crippen LogP contribution is 2.42. The van der Waals surface area contributed by atoms with E-state index in [1.807, 2.05) is 27.7 Å². The lowest BCUT2D eigenvalue weighted by molar-refractivity contribution is 0.0587. The molecular weight excluding hydrogens is 577 g/mol. The Morgan fingerprint density at radius 2 is 0.588 bits per heavy atom. The zero-order valence-electron chi connectivity index (χ0n) is 21.7. The normalized spacial score (nSPS) is 39.5. The first-order valence-electron chi connectivity index (χ1n) is 12.6. The van der Waals surface area contributed by atoms with Crippen LogP contribution in [-0.4, -0.2) is 72.4 Å². The summed E-state index contributed by atoms with van der Waals surface area (Å²) in [6.45, 7) is 16.4. The quantitative estimate of drug-likeness (QED) is 0.372. The summed E-state index contributed by atoms with van der Waals surface area (Å²) in [5.41, 5.74) is 0. The molecule has 34 heavy (non-hydrogen) atoms. The summed E-state index contributed by atoms with van der Waals surface area (Å²) < 4.78 is 67.6. The van der Waals surface area contributed by atoms with Gasteiger partial charge in [0.15, 0.2) is 0 Å². The fourth-order valence-electron chi connectivity index (χ4n) is 3.67. The highest BCUT2D eigenvalue weighted by molar-refractivity contribution is 6.94. The molecule has 0 aromatic carbocycles. The third-order valence-corrected chi connectivity index (χ3v) is 33.7. The lowest BCUT2D eigenvalue weighted by atomic mass is 11.0. The molecule has 4 radical (unpaired) electrons. The van der Waals surface area contributed by atoms with E-state index in [9.17, 15) is 0 Å². The molecule has 3 rings (SSSR count). The van der Waals surface area contributed by atoms with Gasteiger partial charge in [-0.3, -0.25) is 0 Å². The Balaban J connectivity index is 2.17. The van der Waals surface area contributed by atoms with Crippen LogP contribution >= 0.6 is 0 Å². The summed E-state index contributed by atoms with van der Waals surface area (Å²) in [6.07, 6.45) is 0. The van der Waals surface area contributed by atoms with Gasteiger partial charge in [-0.15, -0.1) is 0 Å². The first-order valence-corrected chi connectivity index (χ1v) is 26.4. The summed E-state index contributed by atoms with van der Waals surface area (Å²) in [6, 6.07) is 5.29. The molecule has 196 valence electrons. The first-order chi connectivity index (χ1) is 16.2. The van der Waals surface area contributed by atoms with Gasteiger partial charge in [0.05, 0.1) is 0 Å². The minimum Gasteiger partial charge on any atom is -0.414 e. The van der Waals surface area contributed by atoms with Crippen LogP contribution in [0.4, 0.5) is 0 Å². The van der Waals surface area contributed by atoms with E-state index in [4.69, 9.17) is 41.2 Å². The highest BCUT2D eigenvalue weighted by atomic mass is 28.6. The second kappa shape index (κ2) is 12.5. The number of hydrogen-bond donors (Lipinski definition) is 0. The molecule has 0 aliphatic carbocycles. The van der Waals surface area contributed by atoms with E-state index in [2.05, 4.69) is 27.7 Å². The predicted octanol–water partition coefficient (Wildman–Crippen LogP) is 4.06. The van der Waals surface area contributed by atoms with Crippen LogP contribution < -0.4 is 0 Å².